The van der Waals surface area contributed by atoms with Gasteiger partial charge in [0, 0.05) is 31.5 Å². The molecule has 0 N–H and O–H groups in total. The summed E-state index contributed by atoms with van der Waals surface area (Å²) < 4.78 is 28.9. The average molecular weight is 478 g/mol. The minimum atomic E-state index is -0.552. The van der Waals surface area contributed by atoms with Crippen LogP contribution in [0.15, 0.2) is 43.1 Å². The van der Waals surface area contributed by atoms with E-state index in [0.29, 0.717) is 30.0 Å². The molecule has 4 aromatic heterocycles. The summed E-state index contributed by atoms with van der Waals surface area (Å²) in [7, 11) is 1.30. The number of carbonyl (C=O) groups excluding carboxylic acids is 1. The summed E-state index contributed by atoms with van der Waals surface area (Å²) in [6.07, 6.45) is 10.3. The Balaban J connectivity index is 1.45. The number of anilines is 1. The highest BCUT2D eigenvalue weighted by Gasteiger charge is 2.36. The first-order valence-corrected chi connectivity index (χ1v) is 11.6. The first-order chi connectivity index (χ1) is 17.1. The molecule has 6 heterocycles. The topological polar surface area (TPSA) is 99.7 Å². The number of carbonyl (C=O) groups is 1. The third-order valence-corrected chi connectivity index (χ3v) is 6.63. The van der Waals surface area contributed by atoms with Crippen LogP contribution < -0.4 is 4.90 Å². The first kappa shape index (κ1) is 21.7. The molecule has 2 aliphatic heterocycles. The van der Waals surface area contributed by atoms with E-state index in [4.69, 9.17) is 14.5 Å². The van der Waals surface area contributed by atoms with Gasteiger partial charge in [-0.15, -0.1) is 0 Å². The first-order valence-electron chi connectivity index (χ1n) is 11.6. The Morgan fingerprint density at radius 2 is 2.14 bits per heavy atom. The molecule has 0 saturated carbocycles. The fourth-order valence-corrected chi connectivity index (χ4v) is 4.94. The number of hydrogen-bond donors (Lipinski definition) is 0. The summed E-state index contributed by atoms with van der Waals surface area (Å²) in [5.41, 5.74) is 3.06. The molecule has 0 radical (unpaired) electrons. The summed E-state index contributed by atoms with van der Waals surface area (Å²) in [5.74, 6) is -0.338. The van der Waals surface area contributed by atoms with Crippen LogP contribution in [-0.4, -0.2) is 55.4 Å². The van der Waals surface area contributed by atoms with Crippen LogP contribution in [0.2, 0.25) is 0 Å². The number of halogens is 1. The van der Waals surface area contributed by atoms with Gasteiger partial charge in [-0.2, -0.15) is 5.10 Å². The van der Waals surface area contributed by atoms with Crippen LogP contribution >= 0.6 is 0 Å². The molecule has 2 aliphatic rings. The molecule has 0 aromatic carbocycles. The van der Waals surface area contributed by atoms with Crippen LogP contribution in [0.4, 0.5) is 10.2 Å². The van der Waals surface area contributed by atoms with Gasteiger partial charge >= 0.3 is 5.97 Å². The smallest absolute Gasteiger partial charge is 0.358 e. The zero-order valence-corrected chi connectivity index (χ0v) is 19.2. The van der Waals surface area contributed by atoms with Crippen LogP contribution in [0.3, 0.4) is 0 Å². The molecule has 0 aliphatic carbocycles. The molecule has 4 aromatic rings. The van der Waals surface area contributed by atoms with Crippen molar-refractivity contribution in [1.82, 2.24) is 29.1 Å². The molecule has 6 rings (SSSR count). The molecule has 10 nitrogen and oxygen atoms in total. The predicted octanol–water partition coefficient (Wildman–Crippen LogP) is 3.10. The Kier molecular flexibility index (Phi) is 5.40. The molecular weight excluding hydrogens is 453 g/mol. The van der Waals surface area contributed by atoms with Gasteiger partial charge in [-0.1, -0.05) is 0 Å². The Hall–Kier alpha value is -3.86. The maximum absolute atomic E-state index is 14.5. The highest BCUT2D eigenvalue weighted by Crippen LogP contribution is 2.38. The molecule has 2 atom stereocenters. The fraction of sp³-hybridized carbons (Fsp3) is 0.375. The number of pyridine rings is 1. The molecule has 1 fully saturated rings. The second-order valence-electron chi connectivity index (χ2n) is 8.66. The molecule has 11 heteroatoms. The monoisotopic (exact) mass is 477 g/mol. The maximum Gasteiger partial charge on any atom is 0.358 e. The molecule has 35 heavy (non-hydrogen) atoms. The van der Waals surface area contributed by atoms with Gasteiger partial charge in [0.05, 0.1) is 37.2 Å². The minimum Gasteiger partial charge on any atom is -0.464 e. The van der Waals surface area contributed by atoms with E-state index in [0.717, 1.165) is 37.3 Å². The molecule has 1 saturated heterocycles. The number of methoxy groups -OCH3 is 1. The number of rotatable bonds is 4. The van der Waals surface area contributed by atoms with Gasteiger partial charge < -0.3 is 18.9 Å². The predicted molar refractivity (Wildman–Crippen MR) is 122 cm³/mol. The number of fused-ring (bicyclic) bond motifs is 2. The third-order valence-electron chi connectivity index (χ3n) is 6.63. The Morgan fingerprint density at radius 1 is 1.23 bits per heavy atom. The van der Waals surface area contributed by atoms with Gasteiger partial charge in [0.25, 0.3) is 0 Å². The molecule has 0 spiro atoms. The van der Waals surface area contributed by atoms with Gasteiger partial charge in [-0.05, 0) is 37.5 Å². The van der Waals surface area contributed by atoms with Crippen molar-refractivity contribution < 1.29 is 18.7 Å². The van der Waals surface area contributed by atoms with Crippen molar-refractivity contribution in [1.29, 1.82) is 0 Å². The zero-order valence-electron chi connectivity index (χ0n) is 19.2. The minimum absolute atomic E-state index is 0.0372. The lowest BCUT2D eigenvalue weighted by molar-refractivity contribution is -0.0336. The van der Waals surface area contributed by atoms with Crippen molar-refractivity contribution in [3.8, 4) is 0 Å². The van der Waals surface area contributed by atoms with E-state index in [1.54, 1.807) is 24.5 Å². The van der Waals surface area contributed by atoms with Crippen LogP contribution in [0, 0.1) is 5.82 Å². The number of imidazole rings is 1. The molecule has 2 unspecified atom stereocenters. The van der Waals surface area contributed by atoms with Crippen molar-refractivity contribution in [3.63, 3.8) is 0 Å². The van der Waals surface area contributed by atoms with Crippen LogP contribution in [0.25, 0.3) is 5.52 Å². The molecular formula is C24H24FN7O3. The lowest BCUT2D eigenvalue weighted by Crippen LogP contribution is -2.38. The van der Waals surface area contributed by atoms with E-state index in [-0.39, 0.29) is 17.7 Å². The van der Waals surface area contributed by atoms with Gasteiger partial charge in [0.2, 0.25) is 0 Å². The fourth-order valence-electron chi connectivity index (χ4n) is 4.94. The summed E-state index contributed by atoms with van der Waals surface area (Å²) in [5, 5.41) is 4.68. The summed E-state index contributed by atoms with van der Waals surface area (Å²) in [6.45, 7) is 1.35. The van der Waals surface area contributed by atoms with Gasteiger partial charge in [-0.3, -0.25) is 0 Å². The molecule has 180 valence electrons. The average Bonchev–Trinajstić information content (AvgIpc) is 3.54. The largest absolute Gasteiger partial charge is 0.464 e. The number of hydrogen-bond acceptors (Lipinski definition) is 8. The van der Waals surface area contributed by atoms with E-state index in [9.17, 15) is 9.18 Å². The second-order valence-corrected chi connectivity index (χ2v) is 8.66. The normalized spacial score (nSPS) is 20.1. The van der Waals surface area contributed by atoms with E-state index in [1.165, 1.54) is 23.9 Å². The Bertz CT molecular complexity index is 1380. The second kappa shape index (κ2) is 8.73. The van der Waals surface area contributed by atoms with Crippen LogP contribution in [0.5, 0.6) is 0 Å². The lowest BCUT2D eigenvalue weighted by atomic mass is 9.99. The zero-order chi connectivity index (χ0) is 23.9. The summed E-state index contributed by atoms with van der Waals surface area (Å²) >= 11 is 0. The van der Waals surface area contributed by atoms with Crippen molar-refractivity contribution >= 4 is 17.3 Å². The Labute approximate surface area is 200 Å². The maximum atomic E-state index is 14.5. The third kappa shape index (κ3) is 3.72. The molecule has 0 bridgehead atoms. The van der Waals surface area contributed by atoms with Gasteiger partial charge in [0.1, 0.15) is 29.4 Å². The lowest BCUT2D eigenvalue weighted by Gasteiger charge is -2.36. The van der Waals surface area contributed by atoms with Crippen LogP contribution in [0.1, 0.15) is 59.1 Å². The summed E-state index contributed by atoms with van der Waals surface area (Å²) in [6, 6.07) is 4.36. The standard InChI is InChI=1S/C24H24FN7O3/c1-34-24(33)17-12-27-20(13-26-17)30-9-7-18-22(28-14-31(18)21-6-2-3-10-35-21)23(30)16-11-19-15(25)5-4-8-32(19)29-16/h4-5,8,11-14,21,23H,2-3,6-7,9-10H2,1H3. The van der Waals surface area contributed by atoms with E-state index in [2.05, 4.69) is 19.6 Å². The number of esters is 1. The number of ether oxygens (including phenoxy) is 2. The highest BCUT2D eigenvalue weighted by molar-refractivity contribution is 5.86. The SMILES string of the molecule is COC(=O)c1cnc(N2CCc3c(ncn3C3CCCCO3)C2c2cc3c(F)cccn3n2)cn1. The molecule has 0 amide bonds. The van der Waals surface area contributed by atoms with Crippen molar-refractivity contribution in [2.75, 3.05) is 25.2 Å². The summed E-state index contributed by atoms with van der Waals surface area (Å²) in [4.78, 5) is 27.4. The van der Waals surface area contributed by atoms with Gasteiger partial charge in [-0.25, -0.2) is 28.7 Å². The van der Waals surface area contributed by atoms with Crippen molar-refractivity contribution in [2.24, 2.45) is 0 Å². The number of nitrogens with zero attached hydrogens (tertiary/aromatic N) is 7. The Morgan fingerprint density at radius 3 is 2.89 bits per heavy atom. The van der Waals surface area contributed by atoms with Crippen LogP contribution in [-0.2, 0) is 15.9 Å². The van der Waals surface area contributed by atoms with Gasteiger partial charge in [0.15, 0.2) is 5.69 Å². The number of aromatic nitrogens is 6. The highest BCUT2D eigenvalue weighted by atomic mass is 19.1. The van der Waals surface area contributed by atoms with Crippen molar-refractivity contribution in [3.05, 3.63) is 71.7 Å². The van der Waals surface area contributed by atoms with E-state index < -0.39 is 12.0 Å². The van der Waals surface area contributed by atoms with E-state index >= 15 is 0 Å². The quantitative estimate of drug-likeness (QED) is 0.414. The van der Waals surface area contributed by atoms with Crippen molar-refractivity contribution in [2.45, 2.75) is 38.0 Å². The van der Waals surface area contributed by atoms with E-state index in [1.807, 2.05) is 11.2 Å².